The smallest absolute Gasteiger partial charge is 0.340 e. The molecular weight excluding hydrogens is 244 g/mol. The lowest BCUT2D eigenvalue weighted by Gasteiger charge is -2.27. The number of esters is 1. The minimum absolute atomic E-state index is 0.346. The number of hydrogen-bond acceptors (Lipinski definition) is 4. The first kappa shape index (κ1) is 12.4. The monoisotopic (exact) mass is 256 g/mol. The fourth-order valence-corrected chi connectivity index (χ4v) is 1.83. The number of hydrogen-bond donors (Lipinski definition) is 1. The van der Waals surface area contributed by atoms with Gasteiger partial charge in [0.05, 0.1) is 12.2 Å². The van der Waals surface area contributed by atoms with Crippen molar-refractivity contribution >= 4 is 17.6 Å². The van der Waals surface area contributed by atoms with Crippen LogP contribution in [0.5, 0.6) is 0 Å². The van der Waals surface area contributed by atoms with Gasteiger partial charge in [-0.05, 0) is 31.0 Å². The Labute approximate surface area is 104 Å². The molecule has 0 aliphatic carbocycles. The standard InChI is InChI=1S/C12H13ClO4/c13-9-4-1-3-8(7-9)11(15)17-12-10(14)5-2-6-16-12/h1,3-4,7,10,12,14H,2,5-6H2/t10-,12-/m0/s1. The van der Waals surface area contributed by atoms with Gasteiger partial charge in [0.2, 0.25) is 6.29 Å². The second-order valence-electron chi connectivity index (χ2n) is 3.86. The van der Waals surface area contributed by atoms with E-state index in [0.29, 0.717) is 23.6 Å². The van der Waals surface area contributed by atoms with Crippen molar-refractivity contribution in [3.8, 4) is 0 Å². The van der Waals surface area contributed by atoms with E-state index in [9.17, 15) is 9.90 Å². The van der Waals surface area contributed by atoms with Crippen molar-refractivity contribution in [2.75, 3.05) is 6.61 Å². The first-order chi connectivity index (χ1) is 8.16. The van der Waals surface area contributed by atoms with Gasteiger partial charge in [-0.3, -0.25) is 0 Å². The number of carbonyl (C=O) groups excluding carboxylic acids is 1. The summed E-state index contributed by atoms with van der Waals surface area (Å²) in [6.45, 7) is 0.491. The highest BCUT2D eigenvalue weighted by Crippen LogP contribution is 2.18. The highest BCUT2D eigenvalue weighted by atomic mass is 35.5. The normalized spacial score (nSPS) is 24.4. The van der Waals surface area contributed by atoms with Gasteiger partial charge in [0, 0.05) is 5.02 Å². The lowest BCUT2D eigenvalue weighted by molar-refractivity contribution is -0.187. The Bertz CT molecular complexity index is 407. The Hall–Kier alpha value is -1.10. The van der Waals surface area contributed by atoms with Crippen LogP contribution in [0.3, 0.4) is 0 Å². The molecule has 1 fully saturated rings. The fraction of sp³-hybridized carbons (Fsp3) is 0.417. The molecule has 5 heteroatoms. The van der Waals surface area contributed by atoms with Gasteiger partial charge in [0.25, 0.3) is 0 Å². The van der Waals surface area contributed by atoms with Crippen LogP contribution in [-0.2, 0) is 9.47 Å². The molecule has 17 heavy (non-hydrogen) atoms. The van der Waals surface area contributed by atoms with Crippen molar-refractivity contribution in [3.05, 3.63) is 34.9 Å². The van der Waals surface area contributed by atoms with Crippen molar-refractivity contribution in [3.63, 3.8) is 0 Å². The maximum atomic E-state index is 11.7. The molecule has 0 saturated carbocycles. The van der Waals surface area contributed by atoms with Crippen LogP contribution in [-0.4, -0.2) is 30.1 Å². The van der Waals surface area contributed by atoms with Crippen LogP contribution in [0.2, 0.25) is 5.02 Å². The molecule has 1 aliphatic heterocycles. The number of rotatable bonds is 2. The molecule has 0 aromatic heterocycles. The van der Waals surface area contributed by atoms with E-state index in [4.69, 9.17) is 21.1 Å². The SMILES string of the molecule is O=C(O[C@@H]1OCCC[C@@H]1O)c1cccc(Cl)c1. The van der Waals surface area contributed by atoms with Crippen LogP contribution in [0.4, 0.5) is 0 Å². The van der Waals surface area contributed by atoms with Crippen molar-refractivity contribution in [1.82, 2.24) is 0 Å². The molecule has 1 saturated heterocycles. The molecule has 4 nitrogen and oxygen atoms in total. The quantitative estimate of drug-likeness (QED) is 0.823. The van der Waals surface area contributed by atoms with Gasteiger partial charge in [-0.25, -0.2) is 4.79 Å². The van der Waals surface area contributed by atoms with Gasteiger partial charge in [-0.15, -0.1) is 0 Å². The van der Waals surface area contributed by atoms with E-state index in [0.717, 1.165) is 6.42 Å². The zero-order valence-corrected chi connectivity index (χ0v) is 9.89. The summed E-state index contributed by atoms with van der Waals surface area (Å²) in [7, 11) is 0. The van der Waals surface area contributed by atoms with Crippen LogP contribution >= 0.6 is 11.6 Å². The predicted octanol–water partition coefficient (Wildman–Crippen LogP) is 1.99. The molecule has 2 atom stereocenters. The first-order valence-electron chi connectivity index (χ1n) is 5.43. The van der Waals surface area contributed by atoms with Gasteiger partial charge in [-0.1, -0.05) is 17.7 Å². The zero-order valence-electron chi connectivity index (χ0n) is 9.14. The van der Waals surface area contributed by atoms with Crippen molar-refractivity contribution in [1.29, 1.82) is 0 Å². The Morgan fingerprint density at radius 1 is 1.53 bits per heavy atom. The largest absolute Gasteiger partial charge is 0.429 e. The van der Waals surface area contributed by atoms with E-state index < -0.39 is 18.4 Å². The summed E-state index contributed by atoms with van der Waals surface area (Å²) in [6, 6.07) is 6.45. The van der Waals surface area contributed by atoms with Crippen LogP contribution in [0.15, 0.2) is 24.3 Å². The molecule has 1 aromatic rings. The molecular formula is C12H13ClO4. The molecule has 1 N–H and O–H groups in total. The van der Waals surface area contributed by atoms with Crippen molar-refractivity contribution in [2.45, 2.75) is 25.2 Å². The van der Waals surface area contributed by atoms with Crippen LogP contribution in [0.1, 0.15) is 23.2 Å². The van der Waals surface area contributed by atoms with Crippen LogP contribution in [0, 0.1) is 0 Å². The maximum Gasteiger partial charge on any atom is 0.340 e. The number of aliphatic hydroxyl groups excluding tert-OH is 1. The number of halogens is 1. The molecule has 92 valence electrons. The summed E-state index contributed by atoms with van der Waals surface area (Å²) in [5, 5.41) is 10.1. The highest BCUT2D eigenvalue weighted by Gasteiger charge is 2.27. The van der Waals surface area contributed by atoms with E-state index >= 15 is 0 Å². The number of carbonyl (C=O) groups is 1. The highest BCUT2D eigenvalue weighted by molar-refractivity contribution is 6.30. The lowest BCUT2D eigenvalue weighted by atomic mass is 10.1. The second kappa shape index (κ2) is 5.49. The van der Waals surface area contributed by atoms with Gasteiger partial charge < -0.3 is 14.6 Å². The Morgan fingerprint density at radius 2 is 2.35 bits per heavy atom. The summed E-state index contributed by atoms with van der Waals surface area (Å²) in [5.41, 5.74) is 0.346. The fourth-order valence-electron chi connectivity index (χ4n) is 1.64. The second-order valence-corrected chi connectivity index (χ2v) is 4.30. The zero-order chi connectivity index (χ0) is 12.3. The van der Waals surface area contributed by atoms with E-state index in [1.165, 1.54) is 6.07 Å². The third-order valence-corrected chi connectivity index (χ3v) is 2.76. The molecule has 0 radical (unpaired) electrons. The molecule has 0 bridgehead atoms. The Kier molecular flexibility index (Phi) is 3.99. The van der Waals surface area contributed by atoms with Gasteiger partial charge in [0.15, 0.2) is 0 Å². The van der Waals surface area contributed by atoms with E-state index in [2.05, 4.69) is 0 Å². The molecule has 1 aliphatic rings. The number of aliphatic hydroxyl groups is 1. The Morgan fingerprint density at radius 3 is 3.06 bits per heavy atom. The topological polar surface area (TPSA) is 55.8 Å². The summed E-state index contributed by atoms with van der Waals surface area (Å²) in [4.78, 5) is 11.7. The minimum Gasteiger partial charge on any atom is -0.429 e. The maximum absolute atomic E-state index is 11.7. The molecule has 1 heterocycles. The van der Waals surface area contributed by atoms with Crippen molar-refractivity contribution < 1.29 is 19.4 Å². The third-order valence-electron chi connectivity index (χ3n) is 2.52. The summed E-state index contributed by atoms with van der Waals surface area (Å²) >= 11 is 5.77. The number of ether oxygens (including phenoxy) is 2. The Balaban J connectivity index is 2.01. The van der Waals surface area contributed by atoms with Crippen LogP contribution < -0.4 is 0 Å². The first-order valence-corrected chi connectivity index (χ1v) is 5.81. The molecule has 2 rings (SSSR count). The van der Waals surface area contributed by atoms with E-state index in [1.54, 1.807) is 18.2 Å². The van der Waals surface area contributed by atoms with Gasteiger partial charge >= 0.3 is 5.97 Å². The minimum atomic E-state index is -0.879. The summed E-state index contributed by atoms with van der Waals surface area (Å²) in [6.07, 6.45) is -0.290. The lowest BCUT2D eigenvalue weighted by Crippen LogP contribution is -2.37. The molecule has 0 spiro atoms. The summed E-state index contributed by atoms with van der Waals surface area (Å²) < 4.78 is 10.3. The molecule has 0 unspecified atom stereocenters. The van der Waals surface area contributed by atoms with E-state index in [-0.39, 0.29) is 0 Å². The average molecular weight is 257 g/mol. The van der Waals surface area contributed by atoms with Gasteiger partial charge in [0.1, 0.15) is 6.10 Å². The summed E-state index contributed by atoms with van der Waals surface area (Å²) in [5.74, 6) is -0.543. The van der Waals surface area contributed by atoms with Gasteiger partial charge in [-0.2, -0.15) is 0 Å². The number of benzene rings is 1. The van der Waals surface area contributed by atoms with Crippen molar-refractivity contribution in [2.24, 2.45) is 0 Å². The third kappa shape index (κ3) is 3.19. The average Bonchev–Trinajstić information content (AvgIpc) is 2.32. The predicted molar refractivity (Wildman–Crippen MR) is 61.8 cm³/mol. The molecule has 0 amide bonds. The van der Waals surface area contributed by atoms with Crippen LogP contribution in [0.25, 0.3) is 0 Å². The molecule has 1 aromatic carbocycles. The van der Waals surface area contributed by atoms with E-state index in [1.807, 2.05) is 0 Å².